The van der Waals surface area contributed by atoms with Gasteiger partial charge in [-0.3, -0.25) is 4.79 Å². The maximum Gasteiger partial charge on any atom is 0.318 e. The first-order chi connectivity index (χ1) is 9.04. The van der Waals surface area contributed by atoms with Crippen molar-refractivity contribution >= 4 is 12.0 Å². The van der Waals surface area contributed by atoms with Crippen molar-refractivity contribution in [3.8, 4) is 0 Å². The number of carboxylic acids is 1. The van der Waals surface area contributed by atoms with Crippen LogP contribution >= 0.6 is 0 Å². The number of urea groups is 1. The van der Waals surface area contributed by atoms with Gasteiger partial charge in [-0.1, -0.05) is 6.92 Å². The zero-order valence-electron chi connectivity index (χ0n) is 11.7. The minimum Gasteiger partial charge on any atom is -0.481 e. The van der Waals surface area contributed by atoms with Crippen molar-refractivity contribution < 1.29 is 19.4 Å². The van der Waals surface area contributed by atoms with Crippen molar-refractivity contribution in [2.45, 2.75) is 51.6 Å². The molecule has 2 unspecified atom stereocenters. The molecule has 0 aromatic rings. The summed E-state index contributed by atoms with van der Waals surface area (Å²) in [4.78, 5) is 24.4. The number of carbonyl (C=O) groups excluding carboxylic acids is 1. The Kier molecular flexibility index (Phi) is 6.62. The van der Waals surface area contributed by atoms with Crippen LogP contribution in [0.3, 0.4) is 0 Å². The van der Waals surface area contributed by atoms with Crippen LogP contribution < -0.4 is 5.32 Å². The molecular formula is C13H24N2O4. The minimum atomic E-state index is -0.794. The molecule has 0 aromatic heterocycles. The smallest absolute Gasteiger partial charge is 0.318 e. The molecule has 0 bridgehead atoms. The molecule has 1 rings (SSSR count). The highest BCUT2D eigenvalue weighted by Gasteiger charge is 2.26. The predicted molar refractivity (Wildman–Crippen MR) is 71.1 cm³/mol. The van der Waals surface area contributed by atoms with Gasteiger partial charge in [0.2, 0.25) is 0 Å². The number of nitrogens with zero attached hydrogens (tertiary/aromatic N) is 1. The molecular weight excluding hydrogens is 248 g/mol. The number of carbonyl (C=O) groups is 2. The van der Waals surface area contributed by atoms with E-state index in [4.69, 9.17) is 9.84 Å². The Morgan fingerprint density at radius 1 is 1.53 bits per heavy atom. The summed E-state index contributed by atoms with van der Waals surface area (Å²) in [5, 5.41) is 11.5. The number of amides is 2. The molecule has 6 heteroatoms. The van der Waals surface area contributed by atoms with E-state index in [9.17, 15) is 9.59 Å². The number of nitrogens with one attached hydrogen (secondary N) is 1. The monoisotopic (exact) mass is 272 g/mol. The highest BCUT2D eigenvalue weighted by molar-refractivity contribution is 5.75. The molecule has 0 radical (unpaired) electrons. The van der Waals surface area contributed by atoms with Crippen LogP contribution in [0.2, 0.25) is 0 Å². The maximum absolute atomic E-state index is 12.1. The van der Waals surface area contributed by atoms with Crippen LogP contribution in [0, 0.1) is 0 Å². The van der Waals surface area contributed by atoms with E-state index >= 15 is 0 Å². The zero-order chi connectivity index (χ0) is 14.3. The average molecular weight is 272 g/mol. The summed E-state index contributed by atoms with van der Waals surface area (Å²) in [7, 11) is 0. The van der Waals surface area contributed by atoms with E-state index in [2.05, 4.69) is 5.32 Å². The topological polar surface area (TPSA) is 78.9 Å². The van der Waals surface area contributed by atoms with Crippen molar-refractivity contribution in [3.05, 3.63) is 0 Å². The van der Waals surface area contributed by atoms with Crippen LogP contribution in [0.5, 0.6) is 0 Å². The third-order valence-corrected chi connectivity index (χ3v) is 3.36. The first kappa shape index (κ1) is 15.8. The Bertz CT molecular complexity index is 309. The van der Waals surface area contributed by atoms with Crippen molar-refractivity contribution in [1.82, 2.24) is 10.2 Å². The minimum absolute atomic E-state index is 0.00722. The standard InChI is InChI=1S/C13H24N2O4/c1-3-11-9-19-8-7-15(11)13(18)14-10(2)5-4-6-12(16)17/h10-11H,3-9H2,1-2H3,(H,14,18)(H,16,17). The fourth-order valence-corrected chi connectivity index (χ4v) is 2.19. The van der Waals surface area contributed by atoms with Gasteiger partial charge < -0.3 is 20.1 Å². The summed E-state index contributed by atoms with van der Waals surface area (Å²) in [6, 6.07) is 0.0603. The number of aliphatic carboxylic acids is 1. The maximum atomic E-state index is 12.1. The summed E-state index contributed by atoms with van der Waals surface area (Å²) in [5.74, 6) is -0.794. The van der Waals surface area contributed by atoms with Crippen LogP contribution in [-0.2, 0) is 9.53 Å². The van der Waals surface area contributed by atoms with E-state index in [1.54, 1.807) is 0 Å². The van der Waals surface area contributed by atoms with Gasteiger partial charge in [-0.05, 0) is 26.2 Å². The van der Waals surface area contributed by atoms with Crippen LogP contribution in [-0.4, -0.2) is 53.8 Å². The van der Waals surface area contributed by atoms with Gasteiger partial charge in [0.15, 0.2) is 0 Å². The first-order valence-electron chi connectivity index (χ1n) is 6.91. The van der Waals surface area contributed by atoms with E-state index < -0.39 is 5.97 Å². The number of rotatable bonds is 6. The van der Waals surface area contributed by atoms with E-state index in [1.807, 2.05) is 18.7 Å². The lowest BCUT2D eigenvalue weighted by molar-refractivity contribution is -0.137. The van der Waals surface area contributed by atoms with Crippen molar-refractivity contribution in [3.63, 3.8) is 0 Å². The lowest BCUT2D eigenvalue weighted by Gasteiger charge is -2.35. The van der Waals surface area contributed by atoms with E-state index in [1.165, 1.54) is 0 Å². The Morgan fingerprint density at radius 2 is 2.26 bits per heavy atom. The molecule has 110 valence electrons. The van der Waals surface area contributed by atoms with Gasteiger partial charge in [0, 0.05) is 19.0 Å². The molecule has 1 saturated heterocycles. The lowest BCUT2D eigenvalue weighted by Crippen LogP contribution is -2.53. The van der Waals surface area contributed by atoms with Gasteiger partial charge in [0.25, 0.3) is 0 Å². The van der Waals surface area contributed by atoms with E-state index in [0.29, 0.717) is 32.6 Å². The summed E-state index contributed by atoms with van der Waals surface area (Å²) in [6.07, 6.45) is 2.28. The van der Waals surface area contributed by atoms with Gasteiger partial charge in [0.1, 0.15) is 0 Å². The molecule has 6 nitrogen and oxygen atoms in total. The predicted octanol–water partition coefficient (Wildman–Crippen LogP) is 1.45. The molecule has 2 atom stereocenters. The molecule has 19 heavy (non-hydrogen) atoms. The number of morpholine rings is 1. The molecule has 0 saturated carbocycles. The Hall–Kier alpha value is -1.30. The number of carboxylic acid groups (broad SMARTS) is 1. The average Bonchev–Trinajstić information content (AvgIpc) is 2.38. The SMILES string of the molecule is CCC1COCCN1C(=O)NC(C)CCCC(=O)O. The second kappa shape index (κ2) is 7.99. The molecule has 1 aliphatic rings. The third-order valence-electron chi connectivity index (χ3n) is 3.36. The number of hydrogen-bond acceptors (Lipinski definition) is 3. The van der Waals surface area contributed by atoms with Crippen LogP contribution in [0.4, 0.5) is 4.79 Å². The van der Waals surface area contributed by atoms with E-state index in [0.717, 1.165) is 6.42 Å². The van der Waals surface area contributed by atoms with Gasteiger partial charge in [0.05, 0.1) is 19.3 Å². The Morgan fingerprint density at radius 3 is 2.89 bits per heavy atom. The van der Waals surface area contributed by atoms with Gasteiger partial charge >= 0.3 is 12.0 Å². The largest absolute Gasteiger partial charge is 0.481 e. The van der Waals surface area contributed by atoms with Crippen LogP contribution in [0.25, 0.3) is 0 Å². The first-order valence-corrected chi connectivity index (χ1v) is 6.91. The molecule has 0 spiro atoms. The number of hydrogen-bond donors (Lipinski definition) is 2. The van der Waals surface area contributed by atoms with E-state index in [-0.39, 0.29) is 24.5 Å². The molecule has 0 aromatic carbocycles. The molecule has 2 N–H and O–H groups in total. The second-order valence-electron chi connectivity index (χ2n) is 4.97. The lowest BCUT2D eigenvalue weighted by atomic mass is 10.1. The zero-order valence-corrected chi connectivity index (χ0v) is 11.7. The van der Waals surface area contributed by atoms with Crippen molar-refractivity contribution in [1.29, 1.82) is 0 Å². The summed E-state index contributed by atoms with van der Waals surface area (Å²) >= 11 is 0. The second-order valence-corrected chi connectivity index (χ2v) is 4.97. The normalized spacial score (nSPS) is 20.9. The summed E-state index contributed by atoms with van der Waals surface area (Å²) < 4.78 is 5.36. The molecule has 0 aliphatic carbocycles. The van der Waals surface area contributed by atoms with Crippen molar-refractivity contribution in [2.75, 3.05) is 19.8 Å². The number of ether oxygens (including phenoxy) is 1. The summed E-state index contributed by atoms with van der Waals surface area (Å²) in [5.41, 5.74) is 0. The van der Waals surface area contributed by atoms with Crippen LogP contribution in [0.1, 0.15) is 39.5 Å². The van der Waals surface area contributed by atoms with Crippen molar-refractivity contribution in [2.24, 2.45) is 0 Å². The molecule has 1 fully saturated rings. The highest BCUT2D eigenvalue weighted by atomic mass is 16.5. The van der Waals surface area contributed by atoms with Gasteiger partial charge in [-0.15, -0.1) is 0 Å². The highest BCUT2D eigenvalue weighted by Crippen LogP contribution is 2.11. The molecule has 1 heterocycles. The Labute approximate surface area is 114 Å². The van der Waals surface area contributed by atoms with Gasteiger partial charge in [-0.25, -0.2) is 4.79 Å². The Balaban J connectivity index is 2.33. The fraction of sp³-hybridized carbons (Fsp3) is 0.846. The molecule has 2 amide bonds. The third kappa shape index (κ3) is 5.46. The molecule has 1 aliphatic heterocycles. The fourth-order valence-electron chi connectivity index (χ4n) is 2.19. The quantitative estimate of drug-likeness (QED) is 0.767. The summed E-state index contributed by atoms with van der Waals surface area (Å²) in [6.45, 7) is 5.73. The van der Waals surface area contributed by atoms with Gasteiger partial charge in [-0.2, -0.15) is 0 Å². The van der Waals surface area contributed by atoms with Crippen LogP contribution in [0.15, 0.2) is 0 Å².